The standard InChI is InChI=1S/C12H19O4P/c1-8(2)10-6-5-7-11(9(3)4)12(10)16-17(13,14)15/h5-9H,1-4H3,(H2,13,14,15). The van der Waals surface area contributed by atoms with Crippen molar-refractivity contribution in [1.29, 1.82) is 0 Å². The van der Waals surface area contributed by atoms with Gasteiger partial charge in [0, 0.05) is 0 Å². The van der Waals surface area contributed by atoms with Crippen LogP contribution in [0.15, 0.2) is 18.2 Å². The molecular formula is C12H19O4P. The maximum absolute atomic E-state index is 11.0. The van der Waals surface area contributed by atoms with Gasteiger partial charge in [0.15, 0.2) is 0 Å². The number of phosphoric acid groups is 1. The summed E-state index contributed by atoms with van der Waals surface area (Å²) in [6.07, 6.45) is 0. The second-order valence-corrected chi connectivity index (χ2v) is 5.82. The molecular weight excluding hydrogens is 239 g/mol. The molecule has 0 aromatic heterocycles. The third-order valence-electron chi connectivity index (χ3n) is 2.53. The van der Waals surface area contributed by atoms with Crippen molar-refractivity contribution in [2.75, 3.05) is 0 Å². The first-order valence-corrected chi connectivity index (χ1v) is 7.13. The van der Waals surface area contributed by atoms with E-state index in [0.717, 1.165) is 11.1 Å². The maximum atomic E-state index is 11.0. The van der Waals surface area contributed by atoms with Crippen LogP contribution in [0.1, 0.15) is 50.7 Å². The molecule has 5 heteroatoms. The van der Waals surface area contributed by atoms with E-state index in [4.69, 9.17) is 14.3 Å². The molecule has 4 nitrogen and oxygen atoms in total. The fourth-order valence-electron chi connectivity index (χ4n) is 1.71. The predicted molar refractivity (Wildman–Crippen MR) is 67.3 cm³/mol. The van der Waals surface area contributed by atoms with E-state index in [1.165, 1.54) is 0 Å². The number of para-hydroxylation sites is 1. The lowest BCUT2D eigenvalue weighted by Gasteiger charge is -2.19. The summed E-state index contributed by atoms with van der Waals surface area (Å²) in [4.78, 5) is 17.9. The van der Waals surface area contributed by atoms with Crippen molar-refractivity contribution in [3.63, 3.8) is 0 Å². The summed E-state index contributed by atoms with van der Waals surface area (Å²) in [5.41, 5.74) is 1.64. The van der Waals surface area contributed by atoms with Crippen molar-refractivity contribution in [2.45, 2.75) is 39.5 Å². The summed E-state index contributed by atoms with van der Waals surface area (Å²) in [5.74, 6) is 0.622. The van der Waals surface area contributed by atoms with Crippen LogP contribution in [0.2, 0.25) is 0 Å². The molecule has 0 fully saturated rings. The van der Waals surface area contributed by atoms with Gasteiger partial charge in [0.25, 0.3) is 0 Å². The number of phosphoric ester groups is 1. The van der Waals surface area contributed by atoms with Crippen LogP contribution in [0.25, 0.3) is 0 Å². The highest BCUT2D eigenvalue weighted by molar-refractivity contribution is 7.46. The number of hydrogen-bond acceptors (Lipinski definition) is 2. The normalized spacial score (nSPS) is 12.2. The molecule has 0 saturated carbocycles. The van der Waals surface area contributed by atoms with Gasteiger partial charge < -0.3 is 4.52 Å². The first-order valence-electron chi connectivity index (χ1n) is 5.60. The van der Waals surface area contributed by atoms with Crippen molar-refractivity contribution in [1.82, 2.24) is 0 Å². The van der Waals surface area contributed by atoms with Crippen LogP contribution >= 0.6 is 7.82 Å². The molecule has 1 aromatic rings. The van der Waals surface area contributed by atoms with Crippen molar-refractivity contribution in [2.24, 2.45) is 0 Å². The van der Waals surface area contributed by atoms with Crippen LogP contribution in [0.5, 0.6) is 5.75 Å². The molecule has 0 aliphatic rings. The summed E-state index contributed by atoms with van der Waals surface area (Å²) in [5, 5.41) is 0. The Bertz CT molecular complexity index is 408. The Morgan fingerprint density at radius 3 is 1.76 bits per heavy atom. The predicted octanol–water partition coefficient (Wildman–Crippen LogP) is 3.40. The molecule has 0 spiro atoms. The van der Waals surface area contributed by atoms with Crippen molar-refractivity contribution in [3.8, 4) is 5.75 Å². The molecule has 0 bridgehead atoms. The lowest BCUT2D eigenvalue weighted by Crippen LogP contribution is -2.02. The number of benzene rings is 1. The summed E-state index contributed by atoms with van der Waals surface area (Å²) in [6, 6.07) is 5.56. The molecule has 0 unspecified atom stereocenters. The van der Waals surface area contributed by atoms with Crippen LogP contribution in [0.3, 0.4) is 0 Å². The molecule has 1 rings (SSSR count). The molecule has 0 heterocycles. The molecule has 0 amide bonds. The Morgan fingerprint density at radius 1 is 1.06 bits per heavy atom. The molecule has 1 aromatic carbocycles. The van der Waals surface area contributed by atoms with E-state index in [9.17, 15) is 4.57 Å². The Labute approximate surface area is 102 Å². The zero-order valence-electron chi connectivity index (χ0n) is 10.5. The van der Waals surface area contributed by atoms with E-state index in [1.54, 1.807) is 0 Å². The van der Waals surface area contributed by atoms with E-state index in [1.807, 2.05) is 45.9 Å². The second kappa shape index (κ2) is 5.21. The summed E-state index contributed by atoms with van der Waals surface area (Å²) in [7, 11) is -4.52. The van der Waals surface area contributed by atoms with Gasteiger partial charge in [-0.3, -0.25) is 9.79 Å². The fourth-order valence-corrected chi connectivity index (χ4v) is 2.16. The first kappa shape index (κ1) is 14.2. The van der Waals surface area contributed by atoms with Gasteiger partial charge in [-0.25, -0.2) is 4.57 Å². The molecule has 0 radical (unpaired) electrons. The van der Waals surface area contributed by atoms with Crippen LogP contribution < -0.4 is 4.52 Å². The lowest BCUT2D eigenvalue weighted by atomic mass is 9.94. The van der Waals surface area contributed by atoms with Crippen LogP contribution in [0.4, 0.5) is 0 Å². The minimum absolute atomic E-state index is 0.148. The Kier molecular flexibility index (Phi) is 4.36. The molecule has 0 saturated heterocycles. The Hall–Kier alpha value is -0.830. The minimum Gasteiger partial charge on any atom is -0.404 e. The Balaban J connectivity index is 3.34. The quantitative estimate of drug-likeness (QED) is 0.812. The molecule has 96 valence electrons. The average molecular weight is 258 g/mol. The molecule has 17 heavy (non-hydrogen) atoms. The van der Waals surface area contributed by atoms with Crippen LogP contribution in [-0.4, -0.2) is 9.79 Å². The van der Waals surface area contributed by atoms with Gasteiger partial charge in [0.2, 0.25) is 0 Å². The monoisotopic (exact) mass is 258 g/mol. The molecule has 2 N–H and O–H groups in total. The van der Waals surface area contributed by atoms with E-state index >= 15 is 0 Å². The molecule has 0 atom stereocenters. The van der Waals surface area contributed by atoms with Gasteiger partial charge >= 0.3 is 7.82 Å². The number of rotatable bonds is 4. The van der Waals surface area contributed by atoms with Crippen molar-refractivity contribution < 1.29 is 18.9 Å². The first-order chi connectivity index (χ1) is 7.72. The highest BCUT2D eigenvalue weighted by Crippen LogP contribution is 2.44. The van der Waals surface area contributed by atoms with Crippen LogP contribution in [-0.2, 0) is 4.57 Å². The summed E-state index contributed by atoms with van der Waals surface area (Å²) >= 11 is 0. The van der Waals surface area contributed by atoms with Crippen molar-refractivity contribution in [3.05, 3.63) is 29.3 Å². The fraction of sp³-hybridized carbons (Fsp3) is 0.500. The third-order valence-corrected chi connectivity index (χ3v) is 2.95. The Morgan fingerprint density at radius 2 is 1.47 bits per heavy atom. The van der Waals surface area contributed by atoms with E-state index < -0.39 is 7.82 Å². The van der Waals surface area contributed by atoms with Gasteiger partial charge in [-0.1, -0.05) is 45.9 Å². The third kappa shape index (κ3) is 3.84. The zero-order chi connectivity index (χ0) is 13.2. The highest BCUT2D eigenvalue weighted by Gasteiger charge is 2.23. The van der Waals surface area contributed by atoms with Crippen LogP contribution in [0, 0.1) is 0 Å². The summed E-state index contributed by atoms with van der Waals surface area (Å²) < 4.78 is 15.9. The van der Waals surface area contributed by atoms with E-state index in [-0.39, 0.29) is 11.8 Å². The van der Waals surface area contributed by atoms with Gasteiger partial charge in [-0.05, 0) is 23.0 Å². The smallest absolute Gasteiger partial charge is 0.404 e. The number of hydrogen-bond donors (Lipinski definition) is 2. The molecule has 0 aliphatic heterocycles. The van der Waals surface area contributed by atoms with E-state index in [2.05, 4.69) is 0 Å². The van der Waals surface area contributed by atoms with Gasteiger partial charge in [0.1, 0.15) is 5.75 Å². The maximum Gasteiger partial charge on any atom is 0.524 e. The highest BCUT2D eigenvalue weighted by atomic mass is 31.2. The van der Waals surface area contributed by atoms with Gasteiger partial charge in [0.05, 0.1) is 0 Å². The van der Waals surface area contributed by atoms with Gasteiger partial charge in [-0.2, -0.15) is 0 Å². The SMILES string of the molecule is CC(C)c1cccc(C(C)C)c1OP(=O)(O)O. The van der Waals surface area contributed by atoms with E-state index in [0.29, 0.717) is 5.75 Å². The lowest BCUT2D eigenvalue weighted by molar-refractivity contribution is 0.280. The zero-order valence-corrected chi connectivity index (χ0v) is 11.4. The van der Waals surface area contributed by atoms with Crippen molar-refractivity contribution >= 4 is 7.82 Å². The minimum atomic E-state index is -4.52. The summed E-state index contributed by atoms with van der Waals surface area (Å²) in [6.45, 7) is 7.86. The van der Waals surface area contributed by atoms with Gasteiger partial charge in [-0.15, -0.1) is 0 Å². The second-order valence-electron chi connectivity index (χ2n) is 4.66. The average Bonchev–Trinajstić information content (AvgIpc) is 2.14. The molecule has 0 aliphatic carbocycles. The topological polar surface area (TPSA) is 66.8 Å². The largest absolute Gasteiger partial charge is 0.524 e.